The average Bonchev–Trinajstić information content (AvgIpc) is 2.65. The number of amides is 3. The molecule has 0 radical (unpaired) electrons. The summed E-state index contributed by atoms with van der Waals surface area (Å²) in [5.41, 5.74) is 0.327. The molecular weight excluding hydrogens is 256 g/mol. The minimum absolute atomic E-state index is 0.117. The average molecular weight is 280 g/mol. The number of carbonyl (C=O) groups excluding carboxylic acids is 3. The summed E-state index contributed by atoms with van der Waals surface area (Å²) in [6.45, 7) is 7.39. The Balaban J connectivity index is 2.09. The van der Waals surface area contributed by atoms with Crippen molar-refractivity contribution < 1.29 is 14.4 Å². The topological polar surface area (TPSA) is 66.5 Å². The van der Waals surface area contributed by atoms with Gasteiger partial charge in [-0.1, -0.05) is 27.2 Å². The van der Waals surface area contributed by atoms with Crippen LogP contribution in [0, 0.1) is 5.41 Å². The number of carbonyl (C=O) groups is 3. The van der Waals surface area contributed by atoms with Crippen molar-refractivity contribution in [3.8, 4) is 0 Å². The lowest BCUT2D eigenvalue weighted by molar-refractivity contribution is -0.137. The van der Waals surface area contributed by atoms with Crippen molar-refractivity contribution in [2.45, 2.75) is 46.5 Å². The lowest BCUT2D eigenvalue weighted by Crippen LogP contribution is -2.34. The molecule has 0 atom stereocenters. The highest BCUT2D eigenvalue weighted by Gasteiger charge is 2.23. The third-order valence-electron chi connectivity index (χ3n) is 3.14. The highest BCUT2D eigenvalue weighted by atomic mass is 16.2. The van der Waals surface area contributed by atoms with Crippen LogP contribution >= 0.6 is 0 Å². The van der Waals surface area contributed by atoms with Gasteiger partial charge in [-0.25, -0.2) is 0 Å². The van der Waals surface area contributed by atoms with Gasteiger partial charge in [0.25, 0.3) is 11.8 Å². The second kappa shape index (κ2) is 7.22. The zero-order chi connectivity index (χ0) is 15.2. The maximum atomic E-state index is 11.6. The van der Waals surface area contributed by atoms with Gasteiger partial charge in [-0.05, 0) is 18.3 Å². The van der Waals surface area contributed by atoms with E-state index in [4.69, 9.17) is 0 Å². The molecule has 3 amide bonds. The molecule has 0 unspecified atom stereocenters. The number of imide groups is 1. The molecule has 0 saturated heterocycles. The first kappa shape index (κ1) is 16.4. The first-order chi connectivity index (χ1) is 9.29. The monoisotopic (exact) mass is 280 g/mol. The minimum atomic E-state index is -0.340. The van der Waals surface area contributed by atoms with Crippen LogP contribution in [0.25, 0.3) is 0 Å². The van der Waals surface area contributed by atoms with Crippen molar-refractivity contribution in [1.29, 1.82) is 0 Å². The molecule has 1 rings (SSSR count). The number of nitrogens with one attached hydrogen (secondary N) is 1. The Labute approximate surface area is 120 Å². The summed E-state index contributed by atoms with van der Waals surface area (Å²) >= 11 is 0. The molecule has 1 aliphatic rings. The van der Waals surface area contributed by atoms with Crippen molar-refractivity contribution in [1.82, 2.24) is 10.2 Å². The van der Waals surface area contributed by atoms with Crippen LogP contribution in [0.15, 0.2) is 12.2 Å². The molecule has 112 valence electrons. The van der Waals surface area contributed by atoms with Gasteiger partial charge in [0.05, 0.1) is 0 Å². The fourth-order valence-electron chi connectivity index (χ4n) is 1.96. The summed E-state index contributed by atoms with van der Waals surface area (Å²) in [4.78, 5) is 35.2. The summed E-state index contributed by atoms with van der Waals surface area (Å²) in [7, 11) is 0. The van der Waals surface area contributed by atoms with Crippen LogP contribution in [-0.4, -0.2) is 35.7 Å². The van der Waals surface area contributed by atoms with Gasteiger partial charge in [-0.15, -0.1) is 0 Å². The molecule has 0 aromatic carbocycles. The molecule has 20 heavy (non-hydrogen) atoms. The molecule has 0 saturated carbocycles. The van der Waals surface area contributed by atoms with Gasteiger partial charge in [0, 0.05) is 31.7 Å². The van der Waals surface area contributed by atoms with E-state index in [1.807, 2.05) is 0 Å². The minimum Gasteiger partial charge on any atom is -0.356 e. The molecular formula is C15H24N2O3. The third kappa shape index (κ3) is 5.99. The van der Waals surface area contributed by atoms with Gasteiger partial charge >= 0.3 is 0 Å². The van der Waals surface area contributed by atoms with Gasteiger partial charge in [0.1, 0.15) is 0 Å². The number of rotatable bonds is 7. The Bertz CT molecular complexity index is 390. The maximum absolute atomic E-state index is 11.6. The zero-order valence-corrected chi connectivity index (χ0v) is 12.6. The second-order valence-electron chi connectivity index (χ2n) is 6.28. The molecule has 0 aliphatic carbocycles. The highest BCUT2D eigenvalue weighted by molar-refractivity contribution is 6.13. The van der Waals surface area contributed by atoms with Crippen molar-refractivity contribution >= 4 is 17.7 Å². The molecule has 1 N–H and O–H groups in total. The van der Waals surface area contributed by atoms with E-state index >= 15 is 0 Å². The molecule has 5 heteroatoms. The smallest absolute Gasteiger partial charge is 0.253 e. The Morgan fingerprint density at radius 1 is 1.15 bits per heavy atom. The van der Waals surface area contributed by atoms with Gasteiger partial charge in [-0.2, -0.15) is 0 Å². The van der Waals surface area contributed by atoms with Crippen LogP contribution < -0.4 is 5.32 Å². The van der Waals surface area contributed by atoms with E-state index in [-0.39, 0.29) is 30.7 Å². The lowest BCUT2D eigenvalue weighted by Gasteiger charge is -2.17. The standard InChI is InChI=1S/C15H24N2O3/c1-15(2,3)9-4-5-10-16-12(18)8-11-17-13(19)6-7-14(17)20/h6-7H,4-5,8-11H2,1-3H3,(H,16,18). The lowest BCUT2D eigenvalue weighted by atomic mass is 9.90. The van der Waals surface area contributed by atoms with E-state index in [1.54, 1.807) is 0 Å². The predicted molar refractivity (Wildman–Crippen MR) is 76.8 cm³/mol. The summed E-state index contributed by atoms with van der Waals surface area (Å²) in [6.07, 6.45) is 5.78. The van der Waals surface area contributed by atoms with E-state index in [0.717, 1.165) is 24.2 Å². The van der Waals surface area contributed by atoms with Crippen LogP contribution in [0.5, 0.6) is 0 Å². The Hall–Kier alpha value is -1.65. The van der Waals surface area contributed by atoms with E-state index in [0.29, 0.717) is 12.0 Å². The van der Waals surface area contributed by atoms with Gasteiger partial charge in [0.15, 0.2) is 0 Å². The molecule has 0 aromatic rings. The first-order valence-corrected chi connectivity index (χ1v) is 7.10. The van der Waals surface area contributed by atoms with E-state index in [1.165, 1.54) is 12.2 Å². The molecule has 0 aromatic heterocycles. The molecule has 1 aliphatic heterocycles. The molecule has 0 spiro atoms. The van der Waals surface area contributed by atoms with Crippen molar-refractivity contribution in [2.24, 2.45) is 5.41 Å². The van der Waals surface area contributed by atoms with E-state index in [2.05, 4.69) is 26.1 Å². The van der Waals surface area contributed by atoms with Crippen LogP contribution in [0.1, 0.15) is 46.5 Å². The van der Waals surface area contributed by atoms with Crippen LogP contribution in [0.2, 0.25) is 0 Å². The molecule has 5 nitrogen and oxygen atoms in total. The first-order valence-electron chi connectivity index (χ1n) is 7.10. The molecule has 0 bridgehead atoms. The number of hydrogen-bond acceptors (Lipinski definition) is 3. The van der Waals surface area contributed by atoms with Gasteiger partial charge in [-0.3, -0.25) is 19.3 Å². The third-order valence-corrected chi connectivity index (χ3v) is 3.14. The number of hydrogen-bond donors (Lipinski definition) is 1. The normalized spacial score (nSPS) is 15.1. The van der Waals surface area contributed by atoms with Crippen LogP contribution in [0.3, 0.4) is 0 Å². The molecule has 1 heterocycles. The van der Waals surface area contributed by atoms with Crippen LogP contribution in [0.4, 0.5) is 0 Å². The summed E-state index contributed by atoms with van der Waals surface area (Å²) in [5, 5.41) is 2.81. The van der Waals surface area contributed by atoms with E-state index < -0.39 is 0 Å². The SMILES string of the molecule is CC(C)(C)CCCCNC(=O)CCN1C(=O)C=CC1=O. The predicted octanol–water partition coefficient (Wildman–Crippen LogP) is 1.63. The fraction of sp³-hybridized carbons (Fsp3) is 0.667. The molecule has 0 fully saturated rings. The number of nitrogens with zero attached hydrogens (tertiary/aromatic N) is 1. The van der Waals surface area contributed by atoms with Crippen molar-refractivity contribution in [2.75, 3.05) is 13.1 Å². The fourth-order valence-corrected chi connectivity index (χ4v) is 1.96. The van der Waals surface area contributed by atoms with Crippen LogP contribution in [-0.2, 0) is 14.4 Å². The maximum Gasteiger partial charge on any atom is 0.253 e. The summed E-state index contributed by atoms with van der Waals surface area (Å²) in [5.74, 6) is -0.797. The van der Waals surface area contributed by atoms with Gasteiger partial charge in [0.2, 0.25) is 5.91 Å². The highest BCUT2D eigenvalue weighted by Crippen LogP contribution is 2.21. The second-order valence-corrected chi connectivity index (χ2v) is 6.28. The summed E-state index contributed by atoms with van der Waals surface area (Å²) in [6, 6.07) is 0. The van der Waals surface area contributed by atoms with E-state index in [9.17, 15) is 14.4 Å². The Morgan fingerprint density at radius 3 is 2.30 bits per heavy atom. The van der Waals surface area contributed by atoms with Crippen molar-refractivity contribution in [3.05, 3.63) is 12.2 Å². The largest absolute Gasteiger partial charge is 0.356 e. The summed E-state index contributed by atoms with van der Waals surface area (Å²) < 4.78 is 0. The Kier molecular flexibility index (Phi) is 5.92. The Morgan fingerprint density at radius 2 is 1.75 bits per heavy atom. The van der Waals surface area contributed by atoms with Crippen molar-refractivity contribution in [3.63, 3.8) is 0 Å². The quantitative estimate of drug-likeness (QED) is 0.569. The van der Waals surface area contributed by atoms with Gasteiger partial charge < -0.3 is 5.32 Å². The number of unbranched alkanes of at least 4 members (excludes halogenated alkanes) is 1. The zero-order valence-electron chi connectivity index (χ0n) is 12.6.